The van der Waals surface area contributed by atoms with Gasteiger partial charge < -0.3 is 5.32 Å². The predicted octanol–water partition coefficient (Wildman–Crippen LogP) is 2.70. The maximum absolute atomic E-state index is 5.95. The predicted molar refractivity (Wildman–Crippen MR) is 75.8 cm³/mol. The maximum atomic E-state index is 5.95. The summed E-state index contributed by atoms with van der Waals surface area (Å²) in [7, 11) is 0. The Morgan fingerprint density at radius 1 is 1.39 bits per heavy atom. The number of pyridine rings is 1. The Morgan fingerprint density at radius 3 is 2.89 bits per heavy atom. The molecular formula is C14H22ClN3. The summed E-state index contributed by atoms with van der Waals surface area (Å²) in [6, 6.07) is 7.07. The van der Waals surface area contributed by atoms with Crippen molar-refractivity contribution in [3.63, 3.8) is 0 Å². The lowest BCUT2D eigenvalue weighted by atomic mass is 10.0. The van der Waals surface area contributed by atoms with E-state index >= 15 is 0 Å². The van der Waals surface area contributed by atoms with Crippen LogP contribution in [0, 0.1) is 0 Å². The molecule has 1 aliphatic heterocycles. The molecule has 0 aromatic carbocycles. The van der Waals surface area contributed by atoms with Crippen molar-refractivity contribution in [1.29, 1.82) is 0 Å². The summed E-state index contributed by atoms with van der Waals surface area (Å²) in [6.07, 6.45) is 2.35. The molecule has 3 nitrogen and oxygen atoms in total. The SMILES string of the molecule is CCC1CN(Cc2cccc(Cl)n2)C(CC)CN1. The van der Waals surface area contributed by atoms with Gasteiger partial charge in [0.05, 0.1) is 5.69 Å². The highest BCUT2D eigenvalue weighted by molar-refractivity contribution is 6.29. The monoisotopic (exact) mass is 267 g/mol. The van der Waals surface area contributed by atoms with Crippen molar-refractivity contribution < 1.29 is 0 Å². The van der Waals surface area contributed by atoms with Crippen LogP contribution < -0.4 is 5.32 Å². The number of nitrogens with zero attached hydrogens (tertiary/aromatic N) is 2. The molecule has 2 rings (SSSR count). The summed E-state index contributed by atoms with van der Waals surface area (Å²) in [5.74, 6) is 0. The minimum absolute atomic E-state index is 0.586. The Balaban J connectivity index is 2.04. The van der Waals surface area contributed by atoms with Crippen molar-refractivity contribution in [2.45, 2.75) is 45.3 Å². The number of rotatable bonds is 4. The lowest BCUT2D eigenvalue weighted by Gasteiger charge is -2.39. The smallest absolute Gasteiger partial charge is 0.129 e. The molecule has 2 atom stereocenters. The van der Waals surface area contributed by atoms with Gasteiger partial charge in [-0.1, -0.05) is 31.5 Å². The van der Waals surface area contributed by atoms with Gasteiger partial charge in [-0.15, -0.1) is 0 Å². The fourth-order valence-corrected chi connectivity index (χ4v) is 2.73. The van der Waals surface area contributed by atoms with Crippen molar-refractivity contribution in [2.75, 3.05) is 13.1 Å². The molecule has 1 fully saturated rings. The highest BCUT2D eigenvalue weighted by atomic mass is 35.5. The lowest BCUT2D eigenvalue weighted by Crippen LogP contribution is -2.55. The van der Waals surface area contributed by atoms with E-state index in [2.05, 4.69) is 35.1 Å². The number of halogens is 1. The van der Waals surface area contributed by atoms with Gasteiger partial charge in [0.25, 0.3) is 0 Å². The fourth-order valence-electron chi connectivity index (χ4n) is 2.54. The summed E-state index contributed by atoms with van der Waals surface area (Å²) >= 11 is 5.95. The van der Waals surface area contributed by atoms with Crippen LogP contribution in [0.3, 0.4) is 0 Å². The fraction of sp³-hybridized carbons (Fsp3) is 0.643. The summed E-state index contributed by atoms with van der Waals surface area (Å²) in [5.41, 5.74) is 1.07. The van der Waals surface area contributed by atoms with Crippen LogP contribution in [0.4, 0.5) is 0 Å². The summed E-state index contributed by atoms with van der Waals surface area (Å²) in [5, 5.41) is 4.19. The minimum atomic E-state index is 0.586. The highest BCUT2D eigenvalue weighted by Crippen LogP contribution is 2.16. The van der Waals surface area contributed by atoms with Gasteiger partial charge in [0, 0.05) is 31.7 Å². The van der Waals surface area contributed by atoms with Crippen LogP contribution in [0.1, 0.15) is 32.4 Å². The van der Waals surface area contributed by atoms with Gasteiger partial charge in [0.1, 0.15) is 5.15 Å². The van der Waals surface area contributed by atoms with Gasteiger partial charge in [-0.25, -0.2) is 4.98 Å². The Bertz CT molecular complexity index is 383. The second-order valence-corrected chi connectivity index (χ2v) is 5.34. The molecule has 1 aromatic heterocycles. The second kappa shape index (κ2) is 6.50. The third-order valence-electron chi connectivity index (χ3n) is 3.72. The largest absolute Gasteiger partial charge is 0.311 e. The zero-order valence-corrected chi connectivity index (χ0v) is 12.0. The molecule has 1 aliphatic rings. The molecule has 100 valence electrons. The third kappa shape index (κ3) is 3.44. The first-order valence-corrected chi connectivity index (χ1v) is 7.19. The molecule has 0 aliphatic carbocycles. The van der Waals surface area contributed by atoms with E-state index in [1.54, 1.807) is 0 Å². The van der Waals surface area contributed by atoms with Gasteiger partial charge in [0.2, 0.25) is 0 Å². The third-order valence-corrected chi connectivity index (χ3v) is 3.93. The molecule has 18 heavy (non-hydrogen) atoms. The van der Waals surface area contributed by atoms with Crippen LogP contribution in [-0.2, 0) is 6.54 Å². The molecule has 2 unspecified atom stereocenters. The molecule has 4 heteroatoms. The van der Waals surface area contributed by atoms with Gasteiger partial charge in [-0.05, 0) is 25.0 Å². The van der Waals surface area contributed by atoms with E-state index in [-0.39, 0.29) is 0 Å². The van der Waals surface area contributed by atoms with Crippen molar-refractivity contribution in [3.05, 3.63) is 29.0 Å². The van der Waals surface area contributed by atoms with Crippen LogP contribution in [-0.4, -0.2) is 35.1 Å². The van der Waals surface area contributed by atoms with E-state index in [9.17, 15) is 0 Å². The summed E-state index contributed by atoms with van der Waals surface area (Å²) < 4.78 is 0. The molecule has 1 saturated heterocycles. The Labute approximate surface area is 115 Å². The molecule has 0 radical (unpaired) electrons. The van der Waals surface area contributed by atoms with E-state index < -0.39 is 0 Å². The van der Waals surface area contributed by atoms with E-state index in [1.807, 2.05) is 12.1 Å². The van der Waals surface area contributed by atoms with Gasteiger partial charge in [-0.3, -0.25) is 4.90 Å². The lowest BCUT2D eigenvalue weighted by molar-refractivity contribution is 0.116. The quantitative estimate of drug-likeness (QED) is 0.851. The Morgan fingerprint density at radius 2 is 2.22 bits per heavy atom. The van der Waals surface area contributed by atoms with Gasteiger partial charge in [0.15, 0.2) is 0 Å². The number of aromatic nitrogens is 1. The zero-order chi connectivity index (χ0) is 13.0. The zero-order valence-electron chi connectivity index (χ0n) is 11.2. The maximum Gasteiger partial charge on any atom is 0.129 e. The van der Waals surface area contributed by atoms with Crippen LogP contribution >= 0.6 is 11.6 Å². The molecule has 0 amide bonds. The first-order valence-electron chi connectivity index (χ1n) is 6.81. The van der Waals surface area contributed by atoms with E-state index in [1.165, 1.54) is 12.8 Å². The van der Waals surface area contributed by atoms with Gasteiger partial charge in [-0.2, -0.15) is 0 Å². The van der Waals surface area contributed by atoms with E-state index in [4.69, 9.17) is 11.6 Å². The van der Waals surface area contributed by atoms with Crippen LogP contribution in [0.25, 0.3) is 0 Å². The molecule has 0 bridgehead atoms. The molecule has 1 aromatic rings. The molecule has 0 spiro atoms. The summed E-state index contributed by atoms with van der Waals surface area (Å²) in [4.78, 5) is 6.92. The topological polar surface area (TPSA) is 28.2 Å². The van der Waals surface area contributed by atoms with E-state index in [0.717, 1.165) is 25.3 Å². The normalized spacial score (nSPS) is 25.3. The first-order chi connectivity index (χ1) is 8.72. The molecular weight excluding hydrogens is 246 g/mol. The number of nitrogens with one attached hydrogen (secondary N) is 1. The number of hydrogen-bond acceptors (Lipinski definition) is 3. The molecule has 1 N–H and O–H groups in total. The first kappa shape index (κ1) is 13.8. The Kier molecular flexibility index (Phi) is 4.98. The van der Waals surface area contributed by atoms with Crippen molar-refractivity contribution >= 4 is 11.6 Å². The second-order valence-electron chi connectivity index (χ2n) is 4.96. The van der Waals surface area contributed by atoms with Crippen molar-refractivity contribution in [1.82, 2.24) is 15.2 Å². The van der Waals surface area contributed by atoms with Gasteiger partial charge >= 0.3 is 0 Å². The average molecular weight is 268 g/mol. The van der Waals surface area contributed by atoms with Crippen LogP contribution in [0.15, 0.2) is 18.2 Å². The Hall–Kier alpha value is -0.640. The van der Waals surface area contributed by atoms with Crippen LogP contribution in [0.5, 0.6) is 0 Å². The molecule has 2 heterocycles. The van der Waals surface area contributed by atoms with Crippen molar-refractivity contribution in [3.8, 4) is 0 Å². The number of hydrogen-bond donors (Lipinski definition) is 1. The average Bonchev–Trinajstić information content (AvgIpc) is 2.38. The van der Waals surface area contributed by atoms with Crippen molar-refractivity contribution in [2.24, 2.45) is 0 Å². The number of piperazine rings is 1. The standard InChI is InChI=1S/C14H22ClN3/c1-3-11-9-18(13(4-2)8-16-11)10-12-6-5-7-14(15)17-12/h5-7,11,13,16H,3-4,8-10H2,1-2H3. The van der Waals surface area contributed by atoms with E-state index in [0.29, 0.717) is 17.2 Å². The highest BCUT2D eigenvalue weighted by Gasteiger charge is 2.25. The molecule has 0 saturated carbocycles. The minimum Gasteiger partial charge on any atom is -0.311 e. The summed E-state index contributed by atoms with van der Waals surface area (Å²) in [6.45, 7) is 7.56. The van der Waals surface area contributed by atoms with Crippen LogP contribution in [0.2, 0.25) is 5.15 Å².